The number of carbonyl (C=O) groups is 1. The van der Waals surface area contributed by atoms with Crippen molar-refractivity contribution >= 4 is 33.3 Å². The van der Waals surface area contributed by atoms with Crippen LogP contribution in [0.1, 0.15) is 18.4 Å². The Morgan fingerprint density at radius 2 is 2.28 bits per heavy atom. The molecule has 1 atom stereocenters. The monoisotopic (exact) mass is 333 g/mol. The Kier molecular flexibility index (Phi) is 6.86. The highest BCUT2D eigenvalue weighted by Crippen LogP contribution is 2.22. The fraction of sp³-hybridized carbons (Fsp3) is 0.462. The van der Waals surface area contributed by atoms with Crippen LogP contribution in [0.5, 0.6) is 0 Å². The van der Waals surface area contributed by atoms with Gasteiger partial charge in [0, 0.05) is 29.6 Å². The molecule has 0 aromatic heterocycles. The molecule has 2 N–H and O–H groups in total. The first-order chi connectivity index (χ1) is 8.54. The zero-order valence-electron chi connectivity index (χ0n) is 10.3. The minimum Gasteiger partial charge on any atom is -0.385 e. The van der Waals surface area contributed by atoms with E-state index >= 15 is 0 Å². The second kappa shape index (κ2) is 7.89. The average Bonchev–Trinajstić information content (AvgIpc) is 2.32. The molecule has 0 aliphatic heterocycles. The van der Waals surface area contributed by atoms with E-state index in [2.05, 4.69) is 15.9 Å². The molecular weight excluding hydrogens is 318 g/mol. The van der Waals surface area contributed by atoms with Crippen LogP contribution in [0.15, 0.2) is 22.7 Å². The van der Waals surface area contributed by atoms with Crippen molar-refractivity contribution < 1.29 is 9.53 Å². The smallest absolute Gasteiger partial charge is 0.153 e. The van der Waals surface area contributed by atoms with Gasteiger partial charge in [0.2, 0.25) is 0 Å². The van der Waals surface area contributed by atoms with Gasteiger partial charge in [-0.1, -0.05) is 33.6 Å². The van der Waals surface area contributed by atoms with E-state index in [1.165, 1.54) is 0 Å². The fourth-order valence-corrected chi connectivity index (χ4v) is 2.33. The quantitative estimate of drug-likeness (QED) is 0.780. The Labute approximate surface area is 121 Å². The van der Waals surface area contributed by atoms with E-state index in [4.69, 9.17) is 22.1 Å². The van der Waals surface area contributed by atoms with Crippen LogP contribution in [0, 0.1) is 0 Å². The Bertz CT molecular complexity index is 412. The molecule has 0 saturated heterocycles. The van der Waals surface area contributed by atoms with Crippen LogP contribution in [0.2, 0.25) is 5.02 Å². The first kappa shape index (κ1) is 15.6. The number of carbonyl (C=O) groups excluding carboxylic acids is 1. The highest BCUT2D eigenvalue weighted by atomic mass is 79.9. The van der Waals surface area contributed by atoms with Gasteiger partial charge in [-0.15, -0.1) is 0 Å². The molecule has 0 radical (unpaired) electrons. The van der Waals surface area contributed by atoms with E-state index in [0.29, 0.717) is 18.1 Å². The fourth-order valence-electron chi connectivity index (χ4n) is 1.59. The highest BCUT2D eigenvalue weighted by Gasteiger charge is 2.15. The van der Waals surface area contributed by atoms with E-state index in [1.807, 2.05) is 12.1 Å². The second-order valence-electron chi connectivity index (χ2n) is 4.12. The SMILES string of the molecule is COCCCC(N)C(=O)Cc1ccc(Br)cc1Cl. The van der Waals surface area contributed by atoms with Gasteiger partial charge in [0.25, 0.3) is 0 Å². The summed E-state index contributed by atoms with van der Waals surface area (Å²) in [5.74, 6) is 0.00956. The van der Waals surface area contributed by atoms with Crippen LogP contribution in [0.3, 0.4) is 0 Å². The topological polar surface area (TPSA) is 52.3 Å². The average molecular weight is 335 g/mol. The molecule has 0 aliphatic rings. The third kappa shape index (κ3) is 5.06. The molecule has 3 nitrogen and oxygen atoms in total. The van der Waals surface area contributed by atoms with Crippen molar-refractivity contribution in [2.45, 2.75) is 25.3 Å². The van der Waals surface area contributed by atoms with Gasteiger partial charge >= 0.3 is 0 Å². The number of halogens is 2. The van der Waals surface area contributed by atoms with Crippen LogP contribution in [0.4, 0.5) is 0 Å². The molecule has 0 amide bonds. The second-order valence-corrected chi connectivity index (χ2v) is 5.44. The molecule has 1 aromatic carbocycles. The number of methoxy groups -OCH3 is 1. The summed E-state index contributed by atoms with van der Waals surface area (Å²) in [6, 6.07) is 5.04. The first-order valence-electron chi connectivity index (χ1n) is 5.75. The normalized spacial score (nSPS) is 12.4. The molecule has 0 spiro atoms. The van der Waals surface area contributed by atoms with Crippen molar-refractivity contribution in [3.8, 4) is 0 Å². The third-order valence-corrected chi connectivity index (χ3v) is 3.50. The summed E-state index contributed by atoms with van der Waals surface area (Å²) in [5, 5.41) is 0.585. The molecule has 1 unspecified atom stereocenters. The summed E-state index contributed by atoms with van der Waals surface area (Å²) in [7, 11) is 1.63. The van der Waals surface area contributed by atoms with E-state index in [9.17, 15) is 4.79 Å². The summed E-state index contributed by atoms with van der Waals surface area (Å²) in [5.41, 5.74) is 6.64. The summed E-state index contributed by atoms with van der Waals surface area (Å²) in [6.45, 7) is 0.625. The van der Waals surface area contributed by atoms with Crippen LogP contribution in [0.25, 0.3) is 0 Å². The lowest BCUT2D eigenvalue weighted by molar-refractivity contribution is -0.119. The third-order valence-electron chi connectivity index (χ3n) is 2.66. The van der Waals surface area contributed by atoms with Crippen LogP contribution in [-0.2, 0) is 16.0 Å². The van der Waals surface area contributed by atoms with E-state index in [0.717, 1.165) is 16.5 Å². The Morgan fingerprint density at radius 1 is 1.56 bits per heavy atom. The zero-order chi connectivity index (χ0) is 13.5. The van der Waals surface area contributed by atoms with E-state index < -0.39 is 6.04 Å². The number of ketones is 1. The van der Waals surface area contributed by atoms with Gasteiger partial charge in [0.05, 0.1) is 6.04 Å². The molecule has 0 fully saturated rings. The van der Waals surface area contributed by atoms with Gasteiger partial charge in [-0.05, 0) is 30.5 Å². The maximum absolute atomic E-state index is 11.9. The molecule has 100 valence electrons. The van der Waals surface area contributed by atoms with Crippen molar-refractivity contribution in [2.24, 2.45) is 5.73 Å². The van der Waals surface area contributed by atoms with E-state index in [1.54, 1.807) is 13.2 Å². The van der Waals surface area contributed by atoms with Crippen molar-refractivity contribution in [2.75, 3.05) is 13.7 Å². The van der Waals surface area contributed by atoms with E-state index in [-0.39, 0.29) is 12.2 Å². The molecule has 0 bridgehead atoms. The lowest BCUT2D eigenvalue weighted by Crippen LogP contribution is -2.32. The molecule has 1 rings (SSSR count). The molecule has 0 saturated carbocycles. The summed E-state index contributed by atoms with van der Waals surface area (Å²) in [6.07, 6.45) is 1.71. The number of rotatable bonds is 7. The molecular formula is C13H17BrClNO2. The predicted molar refractivity (Wildman–Crippen MR) is 76.9 cm³/mol. The summed E-state index contributed by atoms with van der Waals surface area (Å²) >= 11 is 9.39. The summed E-state index contributed by atoms with van der Waals surface area (Å²) < 4.78 is 5.83. The van der Waals surface area contributed by atoms with Crippen molar-refractivity contribution in [3.63, 3.8) is 0 Å². The number of ether oxygens (including phenoxy) is 1. The minimum atomic E-state index is -0.445. The van der Waals surface area contributed by atoms with Crippen molar-refractivity contribution in [1.29, 1.82) is 0 Å². The van der Waals surface area contributed by atoms with Crippen LogP contribution < -0.4 is 5.73 Å². The van der Waals surface area contributed by atoms with Crippen LogP contribution >= 0.6 is 27.5 Å². The number of nitrogens with two attached hydrogens (primary N) is 1. The molecule has 18 heavy (non-hydrogen) atoms. The number of Topliss-reactive ketones (excluding diaryl/α,β-unsaturated/α-hetero) is 1. The largest absolute Gasteiger partial charge is 0.385 e. The molecule has 5 heteroatoms. The standard InChI is InChI=1S/C13H17BrClNO2/c1-18-6-2-3-12(16)13(17)7-9-4-5-10(14)8-11(9)15/h4-5,8,12H,2-3,6-7,16H2,1H3. The number of hydrogen-bond acceptors (Lipinski definition) is 3. The van der Waals surface area contributed by atoms with Gasteiger partial charge in [-0.2, -0.15) is 0 Å². The van der Waals surface area contributed by atoms with Gasteiger partial charge in [-0.3, -0.25) is 4.79 Å². The predicted octanol–water partition coefficient (Wildman–Crippen LogP) is 2.97. The Morgan fingerprint density at radius 3 is 2.89 bits per heavy atom. The van der Waals surface area contributed by atoms with Crippen molar-refractivity contribution in [1.82, 2.24) is 0 Å². The van der Waals surface area contributed by atoms with Gasteiger partial charge in [0.1, 0.15) is 0 Å². The summed E-state index contributed by atoms with van der Waals surface area (Å²) in [4.78, 5) is 11.9. The Balaban J connectivity index is 2.53. The van der Waals surface area contributed by atoms with Crippen molar-refractivity contribution in [3.05, 3.63) is 33.3 Å². The zero-order valence-corrected chi connectivity index (χ0v) is 12.6. The lowest BCUT2D eigenvalue weighted by atomic mass is 10.0. The maximum atomic E-state index is 11.9. The molecule has 0 heterocycles. The van der Waals surface area contributed by atoms with Gasteiger partial charge in [0.15, 0.2) is 5.78 Å². The minimum absolute atomic E-state index is 0.00956. The van der Waals surface area contributed by atoms with Crippen LogP contribution in [-0.4, -0.2) is 25.5 Å². The number of hydrogen-bond donors (Lipinski definition) is 1. The van der Waals surface area contributed by atoms with Gasteiger partial charge in [-0.25, -0.2) is 0 Å². The lowest BCUT2D eigenvalue weighted by Gasteiger charge is -2.11. The first-order valence-corrected chi connectivity index (χ1v) is 6.93. The Hall–Kier alpha value is -0.420. The number of benzene rings is 1. The van der Waals surface area contributed by atoms with Gasteiger partial charge < -0.3 is 10.5 Å². The maximum Gasteiger partial charge on any atom is 0.153 e. The molecule has 0 aliphatic carbocycles. The highest BCUT2D eigenvalue weighted by molar-refractivity contribution is 9.10. The molecule has 1 aromatic rings.